The predicted octanol–water partition coefficient (Wildman–Crippen LogP) is 4.67. The summed E-state index contributed by atoms with van der Waals surface area (Å²) in [5.41, 5.74) is 1.74. The van der Waals surface area contributed by atoms with Crippen LogP contribution >= 0.6 is 24.0 Å². The third kappa shape index (κ3) is 5.63. The van der Waals surface area contributed by atoms with Crippen molar-refractivity contribution in [1.82, 2.24) is 5.32 Å². The van der Waals surface area contributed by atoms with E-state index in [0.717, 1.165) is 36.4 Å². The molecule has 26 heavy (non-hydrogen) atoms. The van der Waals surface area contributed by atoms with Crippen LogP contribution in [0, 0.1) is 5.92 Å². The highest BCUT2D eigenvalue weighted by Crippen LogP contribution is 2.22. The molecule has 6 heteroatoms. The fourth-order valence-corrected chi connectivity index (χ4v) is 3.22. The molecule has 0 bridgehead atoms. The summed E-state index contributed by atoms with van der Waals surface area (Å²) in [7, 11) is 0. The average molecular weight is 395 g/mol. The second-order valence-electron chi connectivity index (χ2n) is 6.47. The summed E-state index contributed by atoms with van der Waals surface area (Å²) in [6.07, 6.45) is 1.76. The van der Waals surface area contributed by atoms with Crippen LogP contribution in [-0.2, 0) is 11.4 Å². The molecule has 2 aromatic rings. The normalized spacial score (nSPS) is 19.3. The molecule has 3 rings (SSSR count). The van der Waals surface area contributed by atoms with Crippen LogP contribution < -0.4 is 15.4 Å². The molecule has 2 aromatic carbocycles. The number of piperidine rings is 1. The molecule has 1 saturated heterocycles. The number of amides is 1. The fraction of sp³-hybridized carbons (Fsp3) is 0.350. The third-order valence-electron chi connectivity index (χ3n) is 4.47. The maximum absolute atomic E-state index is 12.4. The number of carbonyl (C=O) groups excluding carboxylic acids is 1. The minimum absolute atomic E-state index is 0. The maximum Gasteiger partial charge on any atom is 0.227 e. The first-order valence-corrected chi connectivity index (χ1v) is 9.00. The monoisotopic (exact) mass is 394 g/mol. The Kier molecular flexibility index (Phi) is 7.76. The van der Waals surface area contributed by atoms with Gasteiger partial charge in [0, 0.05) is 28.2 Å². The van der Waals surface area contributed by atoms with E-state index >= 15 is 0 Å². The Bertz CT molecular complexity index is 722. The largest absolute Gasteiger partial charge is 0.489 e. The summed E-state index contributed by atoms with van der Waals surface area (Å²) in [6.45, 7) is 3.43. The molecule has 1 aliphatic heterocycles. The van der Waals surface area contributed by atoms with Gasteiger partial charge in [-0.2, -0.15) is 0 Å². The molecule has 0 unspecified atom stereocenters. The van der Waals surface area contributed by atoms with Crippen molar-refractivity contribution in [2.45, 2.75) is 32.4 Å². The number of nitrogens with one attached hydrogen (secondary N) is 2. The van der Waals surface area contributed by atoms with Crippen molar-refractivity contribution in [3.8, 4) is 5.75 Å². The van der Waals surface area contributed by atoms with Crippen LogP contribution in [-0.4, -0.2) is 18.5 Å². The number of hydrogen-bond acceptors (Lipinski definition) is 3. The van der Waals surface area contributed by atoms with E-state index in [1.165, 1.54) is 0 Å². The molecular formula is C20H24Cl2N2O2. The highest BCUT2D eigenvalue weighted by atomic mass is 35.5. The Morgan fingerprint density at radius 3 is 2.65 bits per heavy atom. The molecule has 1 fully saturated rings. The molecule has 1 heterocycles. The van der Waals surface area contributed by atoms with Gasteiger partial charge in [0.2, 0.25) is 5.91 Å². The first kappa shape index (κ1) is 20.6. The molecule has 140 valence electrons. The van der Waals surface area contributed by atoms with Gasteiger partial charge in [0.15, 0.2) is 0 Å². The number of carbonyl (C=O) groups is 1. The Balaban J connectivity index is 0.00000243. The summed E-state index contributed by atoms with van der Waals surface area (Å²) in [5, 5.41) is 7.06. The Morgan fingerprint density at radius 1 is 1.23 bits per heavy atom. The number of anilines is 1. The zero-order chi connectivity index (χ0) is 17.6. The molecule has 0 aromatic heterocycles. The second-order valence-corrected chi connectivity index (χ2v) is 6.88. The van der Waals surface area contributed by atoms with E-state index in [2.05, 4.69) is 17.6 Å². The summed E-state index contributed by atoms with van der Waals surface area (Å²) < 4.78 is 5.76. The van der Waals surface area contributed by atoms with Crippen LogP contribution in [0.15, 0.2) is 48.5 Å². The molecule has 0 aliphatic carbocycles. The van der Waals surface area contributed by atoms with Crippen molar-refractivity contribution in [2.24, 2.45) is 5.92 Å². The van der Waals surface area contributed by atoms with E-state index < -0.39 is 0 Å². The van der Waals surface area contributed by atoms with E-state index in [1.807, 2.05) is 48.5 Å². The number of rotatable bonds is 5. The van der Waals surface area contributed by atoms with Gasteiger partial charge in [-0.3, -0.25) is 4.79 Å². The second kappa shape index (κ2) is 9.81. The van der Waals surface area contributed by atoms with Gasteiger partial charge in [-0.05, 0) is 56.6 Å². The van der Waals surface area contributed by atoms with Crippen molar-refractivity contribution in [2.75, 3.05) is 11.9 Å². The van der Waals surface area contributed by atoms with E-state index in [4.69, 9.17) is 16.3 Å². The van der Waals surface area contributed by atoms with Gasteiger partial charge in [-0.15, -0.1) is 12.4 Å². The van der Waals surface area contributed by atoms with Crippen LogP contribution in [0.3, 0.4) is 0 Å². The highest BCUT2D eigenvalue weighted by Gasteiger charge is 2.24. The van der Waals surface area contributed by atoms with Crippen LogP contribution in [0.4, 0.5) is 5.69 Å². The van der Waals surface area contributed by atoms with Gasteiger partial charge in [0.1, 0.15) is 12.4 Å². The lowest BCUT2D eigenvalue weighted by atomic mass is 9.92. The van der Waals surface area contributed by atoms with Crippen LogP contribution in [0.2, 0.25) is 5.02 Å². The molecule has 2 N–H and O–H groups in total. The van der Waals surface area contributed by atoms with E-state index in [-0.39, 0.29) is 24.2 Å². The Morgan fingerprint density at radius 2 is 1.96 bits per heavy atom. The predicted molar refractivity (Wildman–Crippen MR) is 108 cm³/mol. The van der Waals surface area contributed by atoms with E-state index in [9.17, 15) is 4.79 Å². The van der Waals surface area contributed by atoms with Crippen molar-refractivity contribution in [3.63, 3.8) is 0 Å². The minimum atomic E-state index is 0. The average Bonchev–Trinajstić information content (AvgIpc) is 2.62. The van der Waals surface area contributed by atoms with Gasteiger partial charge < -0.3 is 15.4 Å². The molecular weight excluding hydrogens is 371 g/mol. The molecule has 0 spiro atoms. The lowest BCUT2D eigenvalue weighted by molar-refractivity contribution is -0.120. The number of ether oxygens (including phenoxy) is 1. The first-order chi connectivity index (χ1) is 12.1. The van der Waals surface area contributed by atoms with Crippen LogP contribution in [0.25, 0.3) is 0 Å². The van der Waals surface area contributed by atoms with Crippen molar-refractivity contribution in [1.29, 1.82) is 0 Å². The summed E-state index contributed by atoms with van der Waals surface area (Å²) in [5.74, 6) is 0.916. The van der Waals surface area contributed by atoms with Crippen LogP contribution in [0.5, 0.6) is 5.75 Å². The topological polar surface area (TPSA) is 50.4 Å². The first-order valence-electron chi connectivity index (χ1n) is 8.62. The smallest absolute Gasteiger partial charge is 0.227 e. The maximum atomic E-state index is 12.4. The standard InChI is InChI=1S/C20H23ClN2O2.ClH/c1-14-12-15(10-11-22-14)20(24)23-17-6-8-18(9-7-17)25-13-16-4-2-3-5-19(16)21;/h2-9,14-15,22H,10-13H2,1H3,(H,23,24);1H/t14-,15-;/m0./s1. The Hall–Kier alpha value is -1.75. The third-order valence-corrected chi connectivity index (χ3v) is 4.84. The van der Waals surface area contributed by atoms with Gasteiger partial charge in [0.25, 0.3) is 0 Å². The summed E-state index contributed by atoms with van der Waals surface area (Å²) >= 11 is 6.13. The lowest BCUT2D eigenvalue weighted by Crippen LogP contribution is -2.40. The molecule has 4 nitrogen and oxygen atoms in total. The molecule has 1 amide bonds. The zero-order valence-electron chi connectivity index (χ0n) is 14.7. The molecule has 0 saturated carbocycles. The van der Waals surface area contributed by atoms with Crippen LogP contribution in [0.1, 0.15) is 25.3 Å². The van der Waals surface area contributed by atoms with E-state index in [0.29, 0.717) is 17.7 Å². The number of halogens is 2. The Labute approximate surface area is 165 Å². The van der Waals surface area contributed by atoms with Gasteiger partial charge in [0.05, 0.1) is 0 Å². The SMILES string of the molecule is C[C@H]1C[C@@H](C(=O)Nc2ccc(OCc3ccccc3Cl)cc2)CCN1.Cl. The van der Waals surface area contributed by atoms with Gasteiger partial charge >= 0.3 is 0 Å². The fourth-order valence-electron chi connectivity index (χ4n) is 3.03. The van der Waals surface area contributed by atoms with E-state index in [1.54, 1.807) is 0 Å². The zero-order valence-corrected chi connectivity index (χ0v) is 16.3. The minimum Gasteiger partial charge on any atom is -0.489 e. The van der Waals surface area contributed by atoms with Crippen molar-refractivity contribution < 1.29 is 9.53 Å². The summed E-state index contributed by atoms with van der Waals surface area (Å²) in [4.78, 5) is 12.4. The van der Waals surface area contributed by atoms with Crippen molar-refractivity contribution in [3.05, 3.63) is 59.1 Å². The molecule has 1 aliphatic rings. The highest BCUT2D eigenvalue weighted by molar-refractivity contribution is 6.31. The van der Waals surface area contributed by atoms with Crippen molar-refractivity contribution >= 4 is 35.6 Å². The lowest BCUT2D eigenvalue weighted by Gasteiger charge is -2.27. The quantitative estimate of drug-likeness (QED) is 0.774. The molecule has 2 atom stereocenters. The summed E-state index contributed by atoms with van der Waals surface area (Å²) in [6, 6.07) is 15.5. The number of hydrogen-bond donors (Lipinski definition) is 2. The molecule has 0 radical (unpaired) electrons. The van der Waals surface area contributed by atoms with Gasteiger partial charge in [-0.25, -0.2) is 0 Å². The number of benzene rings is 2. The van der Waals surface area contributed by atoms with Gasteiger partial charge in [-0.1, -0.05) is 29.8 Å².